The predicted molar refractivity (Wildman–Crippen MR) is 109 cm³/mol. The van der Waals surface area contributed by atoms with Gasteiger partial charge in [-0.15, -0.1) is 0 Å². The average Bonchev–Trinajstić information content (AvgIpc) is 3.38. The number of hydrogen-bond acceptors (Lipinski definition) is 5. The number of aromatic hydroxyl groups is 1. The number of alkyl halides is 2. The monoisotopic (exact) mass is 431 g/mol. The molecule has 1 aliphatic rings. The van der Waals surface area contributed by atoms with E-state index in [1.165, 1.54) is 29.0 Å². The van der Waals surface area contributed by atoms with Gasteiger partial charge in [0.2, 0.25) is 5.88 Å². The molecule has 31 heavy (non-hydrogen) atoms. The maximum absolute atomic E-state index is 13.5. The lowest BCUT2D eigenvalue weighted by molar-refractivity contribution is 0.0944. The van der Waals surface area contributed by atoms with Crippen molar-refractivity contribution in [1.29, 1.82) is 0 Å². The fourth-order valence-corrected chi connectivity index (χ4v) is 3.41. The van der Waals surface area contributed by atoms with Crippen LogP contribution >= 0.6 is 0 Å². The topological polar surface area (TPSA) is 102 Å². The largest absolute Gasteiger partial charge is 0.494 e. The van der Waals surface area contributed by atoms with Gasteiger partial charge < -0.3 is 10.4 Å². The highest BCUT2D eigenvalue weighted by Crippen LogP contribution is 2.31. The molecule has 8 nitrogen and oxygen atoms in total. The molecule has 1 fully saturated rings. The molecule has 0 saturated heterocycles. The van der Waals surface area contributed by atoms with Crippen LogP contribution in [0.15, 0.2) is 29.2 Å². The predicted octanol–water partition coefficient (Wildman–Crippen LogP) is 3.14. The Labute approximate surface area is 176 Å². The minimum absolute atomic E-state index is 0.0183. The molecule has 0 aromatic carbocycles. The van der Waals surface area contributed by atoms with Gasteiger partial charge in [-0.25, -0.2) is 8.78 Å². The zero-order chi connectivity index (χ0) is 22.5. The summed E-state index contributed by atoms with van der Waals surface area (Å²) >= 11 is 0. The SMILES string of the molecule is CC(C)(C)Cn1c(O)c(C(=O)NC2CC2)c(=O)n2nc(-c3cccnc3C(F)F)cc12. The van der Waals surface area contributed by atoms with Gasteiger partial charge in [0.15, 0.2) is 5.56 Å². The zero-order valence-electron chi connectivity index (χ0n) is 17.4. The number of nitrogens with zero attached hydrogens (tertiary/aromatic N) is 4. The maximum atomic E-state index is 13.5. The summed E-state index contributed by atoms with van der Waals surface area (Å²) in [4.78, 5) is 29.5. The number of fused-ring (bicyclic) bond motifs is 1. The Morgan fingerprint density at radius 1 is 1.35 bits per heavy atom. The number of nitrogens with one attached hydrogen (secondary N) is 1. The van der Waals surface area contributed by atoms with E-state index < -0.39 is 35.0 Å². The van der Waals surface area contributed by atoms with Crippen molar-refractivity contribution < 1.29 is 18.7 Å². The molecule has 0 bridgehead atoms. The molecule has 0 atom stereocenters. The number of carbonyl (C=O) groups is 1. The summed E-state index contributed by atoms with van der Waals surface area (Å²) in [6.45, 7) is 6.04. The molecule has 4 rings (SSSR count). The summed E-state index contributed by atoms with van der Waals surface area (Å²) in [5.41, 5.74) is -1.66. The Bertz CT molecular complexity index is 1220. The molecule has 0 spiro atoms. The van der Waals surface area contributed by atoms with Gasteiger partial charge >= 0.3 is 0 Å². The minimum atomic E-state index is -2.83. The second kappa shape index (κ2) is 7.44. The molecule has 10 heteroatoms. The second-order valence-corrected chi connectivity index (χ2v) is 8.93. The van der Waals surface area contributed by atoms with Crippen molar-refractivity contribution in [2.45, 2.75) is 52.6 Å². The third-order valence-corrected chi connectivity index (χ3v) is 4.95. The van der Waals surface area contributed by atoms with Crippen molar-refractivity contribution in [3.8, 4) is 17.1 Å². The highest BCUT2D eigenvalue weighted by atomic mass is 19.3. The summed E-state index contributed by atoms with van der Waals surface area (Å²) in [5.74, 6) is -1.15. The van der Waals surface area contributed by atoms with E-state index in [1.54, 1.807) is 0 Å². The fourth-order valence-electron chi connectivity index (χ4n) is 3.41. The van der Waals surface area contributed by atoms with Gasteiger partial charge in [0.25, 0.3) is 17.9 Å². The summed E-state index contributed by atoms with van der Waals surface area (Å²) in [6, 6.07) is 4.36. The Morgan fingerprint density at radius 2 is 2.06 bits per heavy atom. The molecule has 0 radical (unpaired) electrons. The van der Waals surface area contributed by atoms with Crippen LogP contribution in [0.4, 0.5) is 8.78 Å². The van der Waals surface area contributed by atoms with E-state index in [4.69, 9.17) is 0 Å². The molecular formula is C21H23F2N5O3. The van der Waals surface area contributed by atoms with E-state index >= 15 is 0 Å². The van der Waals surface area contributed by atoms with Gasteiger partial charge in [-0.2, -0.15) is 9.61 Å². The standard InChI is InChI=1S/C21H23F2N5O3/c1-21(2,3)10-27-14-9-13(12-5-4-8-24-16(12)17(22)23)26-28(14)20(31)15(19(27)30)18(29)25-11-6-7-11/h4-5,8-9,11,17,30H,6-7,10H2,1-3H3,(H,25,29). The van der Waals surface area contributed by atoms with E-state index in [9.17, 15) is 23.5 Å². The Kier molecular flexibility index (Phi) is 5.03. The molecule has 2 N–H and O–H groups in total. The van der Waals surface area contributed by atoms with Crippen molar-refractivity contribution in [2.24, 2.45) is 5.41 Å². The van der Waals surface area contributed by atoms with E-state index in [-0.39, 0.29) is 34.9 Å². The minimum Gasteiger partial charge on any atom is -0.494 e. The van der Waals surface area contributed by atoms with Crippen LogP contribution in [0.2, 0.25) is 0 Å². The summed E-state index contributed by atoms with van der Waals surface area (Å²) in [5, 5.41) is 17.8. The van der Waals surface area contributed by atoms with Crippen molar-refractivity contribution in [3.63, 3.8) is 0 Å². The van der Waals surface area contributed by atoms with Gasteiger partial charge in [-0.1, -0.05) is 20.8 Å². The molecule has 3 aromatic heterocycles. The molecule has 1 aliphatic carbocycles. The van der Waals surface area contributed by atoms with E-state index in [0.29, 0.717) is 0 Å². The highest BCUT2D eigenvalue weighted by Gasteiger charge is 2.30. The lowest BCUT2D eigenvalue weighted by Gasteiger charge is -2.23. The normalized spacial score (nSPS) is 14.4. The second-order valence-electron chi connectivity index (χ2n) is 8.93. The molecule has 0 aliphatic heterocycles. The van der Waals surface area contributed by atoms with E-state index in [2.05, 4.69) is 15.4 Å². The number of rotatable bonds is 5. The van der Waals surface area contributed by atoms with Crippen LogP contribution in [0.5, 0.6) is 5.88 Å². The fraction of sp³-hybridized carbons (Fsp3) is 0.429. The number of hydrogen-bond donors (Lipinski definition) is 2. The van der Waals surface area contributed by atoms with Crippen LogP contribution in [-0.4, -0.2) is 36.2 Å². The van der Waals surface area contributed by atoms with E-state index in [1.807, 2.05) is 20.8 Å². The summed E-state index contributed by atoms with van der Waals surface area (Å²) < 4.78 is 29.3. The van der Waals surface area contributed by atoms with Crippen molar-refractivity contribution >= 4 is 11.6 Å². The third kappa shape index (κ3) is 4.01. The molecular weight excluding hydrogens is 408 g/mol. The first-order chi connectivity index (χ1) is 14.6. The molecule has 1 amide bonds. The van der Waals surface area contributed by atoms with Crippen LogP contribution in [-0.2, 0) is 6.54 Å². The van der Waals surface area contributed by atoms with Crippen LogP contribution in [0.3, 0.4) is 0 Å². The van der Waals surface area contributed by atoms with E-state index in [0.717, 1.165) is 17.4 Å². The van der Waals surface area contributed by atoms with Crippen molar-refractivity contribution in [3.05, 3.63) is 46.0 Å². The molecule has 3 aromatic rings. The Hall–Kier alpha value is -3.30. The molecule has 1 saturated carbocycles. The quantitative estimate of drug-likeness (QED) is 0.646. The van der Waals surface area contributed by atoms with Crippen LogP contribution in [0, 0.1) is 5.41 Å². The van der Waals surface area contributed by atoms with Crippen molar-refractivity contribution in [1.82, 2.24) is 24.5 Å². The number of aromatic nitrogens is 4. The zero-order valence-corrected chi connectivity index (χ0v) is 17.4. The van der Waals surface area contributed by atoms with Gasteiger partial charge in [-0.3, -0.25) is 19.1 Å². The summed E-state index contributed by atoms with van der Waals surface area (Å²) in [6.07, 6.45) is 0.0524. The molecule has 3 heterocycles. The number of pyridine rings is 1. The molecule has 0 unspecified atom stereocenters. The Morgan fingerprint density at radius 3 is 2.68 bits per heavy atom. The van der Waals surface area contributed by atoms with Crippen LogP contribution in [0.25, 0.3) is 16.9 Å². The maximum Gasteiger partial charge on any atom is 0.291 e. The first kappa shape index (κ1) is 21.0. The number of amides is 1. The third-order valence-electron chi connectivity index (χ3n) is 4.95. The lowest BCUT2D eigenvalue weighted by Crippen LogP contribution is -2.35. The number of halogens is 2. The van der Waals surface area contributed by atoms with Crippen LogP contribution < -0.4 is 10.9 Å². The Balaban J connectivity index is 1.97. The first-order valence-electron chi connectivity index (χ1n) is 9.96. The van der Waals surface area contributed by atoms with Gasteiger partial charge in [0.1, 0.15) is 11.3 Å². The average molecular weight is 431 g/mol. The first-order valence-corrected chi connectivity index (χ1v) is 9.96. The van der Waals surface area contributed by atoms with Crippen molar-refractivity contribution in [2.75, 3.05) is 0 Å². The van der Waals surface area contributed by atoms with Gasteiger partial charge in [0.05, 0.1) is 5.69 Å². The lowest BCUT2D eigenvalue weighted by atomic mass is 9.96. The van der Waals surface area contributed by atoms with Gasteiger partial charge in [-0.05, 0) is 30.4 Å². The molecule has 164 valence electrons. The highest BCUT2D eigenvalue weighted by molar-refractivity contribution is 5.96. The van der Waals surface area contributed by atoms with Gasteiger partial charge in [0, 0.05) is 30.4 Å². The smallest absolute Gasteiger partial charge is 0.291 e. The summed E-state index contributed by atoms with van der Waals surface area (Å²) in [7, 11) is 0. The van der Waals surface area contributed by atoms with Crippen LogP contribution in [0.1, 0.15) is 56.1 Å². The number of carbonyl (C=O) groups excluding carboxylic acids is 1.